The van der Waals surface area contributed by atoms with Crippen molar-refractivity contribution in [3.8, 4) is 0 Å². The molecule has 0 radical (unpaired) electrons. The Morgan fingerprint density at radius 1 is 1.55 bits per heavy atom. The van der Waals surface area contributed by atoms with E-state index in [0.717, 1.165) is 5.76 Å². The van der Waals surface area contributed by atoms with Gasteiger partial charge in [0.2, 0.25) is 0 Å². The second-order valence-electron chi connectivity index (χ2n) is 1.94. The van der Waals surface area contributed by atoms with Crippen molar-refractivity contribution in [3.63, 3.8) is 0 Å². The van der Waals surface area contributed by atoms with E-state index in [0.29, 0.717) is 12.1 Å². The van der Waals surface area contributed by atoms with Crippen LogP contribution in [0.1, 0.15) is 6.42 Å². The summed E-state index contributed by atoms with van der Waals surface area (Å²) in [5.74, 6) is 0.812. The summed E-state index contributed by atoms with van der Waals surface area (Å²) in [4.78, 5) is 3.05. The highest BCUT2D eigenvalue weighted by atomic mass is 35.5. The van der Waals surface area contributed by atoms with Crippen LogP contribution < -0.4 is 0 Å². The van der Waals surface area contributed by atoms with Gasteiger partial charge < -0.3 is 10.3 Å². The van der Waals surface area contributed by atoms with Crippen LogP contribution >= 0.6 is 12.4 Å². The van der Waals surface area contributed by atoms with Gasteiger partial charge in [-0.05, 0) is 12.2 Å². The molecular formula is C7H9ClN2O. The van der Waals surface area contributed by atoms with Gasteiger partial charge in [0.15, 0.2) is 0 Å². The summed E-state index contributed by atoms with van der Waals surface area (Å²) in [6.07, 6.45) is 5.97. The Morgan fingerprint density at radius 3 is 2.64 bits per heavy atom. The zero-order chi connectivity index (χ0) is 7.40. The van der Waals surface area contributed by atoms with Crippen LogP contribution in [0.5, 0.6) is 0 Å². The van der Waals surface area contributed by atoms with Crippen molar-refractivity contribution in [2.75, 3.05) is 7.11 Å². The van der Waals surface area contributed by atoms with Crippen molar-refractivity contribution in [3.05, 3.63) is 29.5 Å². The van der Waals surface area contributed by atoms with Crippen LogP contribution in [-0.2, 0) is 4.74 Å². The van der Waals surface area contributed by atoms with Gasteiger partial charge in [-0.1, -0.05) is 0 Å². The first kappa shape index (κ1) is 9.95. The molecule has 4 heteroatoms. The lowest BCUT2D eigenvalue weighted by molar-refractivity contribution is -0.00553. The lowest BCUT2D eigenvalue weighted by atomic mass is 10.1. The fourth-order valence-electron chi connectivity index (χ4n) is 0.745. The Balaban J connectivity index is 0.000001000. The van der Waals surface area contributed by atoms with Gasteiger partial charge in [0.1, 0.15) is 5.76 Å². The van der Waals surface area contributed by atoms with Gasteiger partial charge in [0.25, 0.3) is 5.71 Å². The minimum Gasteiger partial charge on any atom is -0.497 e. The molecule has 0 unspecified atom stereocenters. The highest BCUT2D eigenvalue weighted by Gasteiger charge is 2.06. The van der Waals surface area contributed by atoms with Crippen LogP contribution in [-0.4, -0.2) is 17.6 Å². The molecule has 0 atom stereocenters. The summed E-state index contributed by atoms with van der Waals surface area (Å²) < 4.78 is 4.92. The summed E-state index contributed by atoms with van der Waals surface area (Å²) in [7, 11) is 1.61. The third-order valence-electron chi connectivity index (χ3n) is 1.32. The van der Waals surface area contributed by atoms with E-state index < -0.39 is 0 Å². The van der Waals surface area contributed by atoms with Gasteiger partial charge in [-0.3, -0.25) is 0 Å². The zero-order valence-electron chi connectivity index (χ0n) is 6.15. The molecule has 0 spiro atoms. The van der Waals surface area contributed by atoms with Gasteiger partial charge in [-0.2, -0.15) is 4.79 Å². The van der Waals surface area contributed by atoms with E-state index in [9.17, 15) is 0 Å². The Bertz CT molecular complexity index is 236. The lowest BCUT2D eigenvalue weighted by Crippen LogP contribution is -1.99. The molecule has 3 nitrogen and oxygen atoms in total. The minimum atomic E-state index is 0. The molecule has 0 aromatic heterocycles. The number of methoxy groups -OCH3 is 1. The summed E-state index contributed by atoms with van der Waals surface area (Å²) in [5, 5.41) is 0. The van der Waals surface area contributed by atoms with Crippen LogP contribution in [0.3, 0.4) is 0 Å². The molecule has 0 heterocycles. The van der Waals surface area contributed by atoms with E-state index >= 15 is 0 Å². The van der Waals surface area contributed by atoms with E-state index in [1.54, 1.807) is 19.3 Å². The molecule has 1 rings (SSSR count). The van der Waals surface area contributed by atoms with Crippen molar-refractivity contribution >= 4 is 18.1 Å². The first-order valence-electron chi connectivity index (χ1n) is 3.00. The summed E-state index contributed by atoms with van der Waals surface area (Å²) >= 11 is 0. The number of hydrogen-bond donors (Lipinski definition) is 0. The molecule has 0 saturated carbocycles. The lowest BCUT2D eigenvalue weighted by Gasteiger charge is -2.00. The van der Waals surface area contributed by atoms with Crippen molar-refractivity contribution < 1.29 is 9.53 Å². The molecule has 0 aromatic rings. The second kappa shape index (κ2) is 4.72. The molecule has 0 bridgehead atoms. The van der Waals surface area contributed by atoms with Crippen LogP contribution in [0.4, 0.5) is 0 Å². The summed E-state index contributed by atoms with van der Waals surface area (Å²) in [5.41, 5.74) is 8.97. The van der Waals surface area contributed by atoms with Crippen LogP contribution in [0.2, 0.25) is 0 Å². The SMILES string of the molecule is COC1=CCC(=[N+]=[N-])C=C1.Cl. The maximum atomic E-state index is 8.32. The normalized spacial score (nSPS) is 14.6. The maximum absolute atomic E-state index is 8.32. The van der Waals surface area contributed by atoms with Gasteiger partial charge in [-0.25, -0.2) is 0 Å². The summed E-state index contributed by atoms with van der Waals surface area (Å²) in [6, 6.07) is 0. The molecule has 60 valence electrons. The molecule has 1 aliphatic rings. The fraction of sp³-hybridized carbons (Fsp3) is 0.286. The Kier molecular flexibility index (Phi) is 4.27. The van der Waals surface area contributed by atoms with Crippen molar-refractivity contribution in [2.45, 2.75) is 6.42 Å². The number of hydrogen-bond acceptors (Lipinski definition) is 1. The van der Waals surface area contributed by atoms with E-state index in [2.05, 4.69) is 4.79 Å². The standard InChI is InChI=1S/C7H8N2O.ClH/c1-10-7-4-2-6(9-8)3-5-7;/h2,4-5H,3H2,1H3;1H. The average molecular weight is 173 g/mol. The van der Waals surface area contributed by atoms with Gasteiger partial charge in [0.05, 0.1) is 13.5 Å². The molecule has 0 N–H and O–H groups in total. The first-order chi connectivity index (χ1) is 4.86. The van der Waals surface area contributed by atoms with E-state index in [1.807, 2.05) is 6.08 Å². The van der Waals surface area contributed by atoms with Crippen molar-refractivity contribution in [1.29, 1.82) is 0 Å². The molecule has 0 aromatic carbocycles. The number of nitrogens with zero attached hydrogens (tertiary/aromatic N) is 2. The van der Waals surface area contributed by atoms with Crippen LogP contribution in [0.15, 0.2) is 24.0 Å². The Morgan fingerprint density at radius 2 is 2.27 bits per heavy atom. The second-order valence-corrected chi connectivity index (χ2v) is 1.94. The monoisotopic (exact) mass is 172 g/mol. The molecular weight excluding hydrogens is 164 g/mol. The molecule has 11 heavy (non-hydrogen) atoms. The largest absolute Gasteiger partial charge is 0.497 e. The first-order valence-corrected chi connectivity index (χ1v) is 3.00. The number of rotatable bonds is 1. The highest BCUT2D eigenvalue weighted by molar-refractivity contribution is 5.92. The topological polar surface area (TPSA) is 45.6 Å². The van der Waals surface area contributed by atoms with Gasteiger partial charge in [0, 0.05) is 6.08 Å². The Labute approximate surface area is 71.4 Å². The van der Waals surface area contributed by atoms with Crippen molar-refractivity contribution in [1.82, 2.24) is 0 Å². The maximum Gasteiger partial charge on any atom is 0.296 e. The summed E-state index contributed by atoms with van der Waals surface area (Å²) in [6.45, 7) is 0. The zero-order valence-corrected chi connectivity index (χ0v) is 6.97. The van der Waals surface area contributed by atoms with E-state index in [1.165, 1.54) is 0 Å². The number of ether oxygens (including phenoxy) is 1. The van der Waals surface area contributed by atoms with Crippen LogP contribution in [0, 0.1) is 0 Å². The van der Waals surface area contributed by atoms with Gasteiger partial charge >= 0.3 is 0 Å². The molecule has 1 aliphatic carbocycles. The van der Waals surface area contributed by atoms with E-state index in [-0.39, 0.29) is 12.4 Å². The third kappa shape index (κ3) is 2.58. The highest BCUT2D eigenvalue weighted by Crippen LogP contribution is 2.06. The number of allylic oxidation sites excluding steroid dienone is 3. The van der Waals surface area contributed by atoms with Crippen molar-refractivity contribution in [2.24, 2.45) is 0 Å². The van der Waals surface area contributed by atoms with E-state index in [4.69, 9.17) is 10.3 Å². The van der Waals surface area contributed by atoms with Crippen LogP contribution in [0.25, 0.3) is 5.53 Å². The molecule has 0 fully saturated rings. The predicted molar refractivity (Wildman–Crippen MR) is 44.7 cm³/mol. The minimum absolute atomic E-state index is 0. The fourth-order valence-corrected chi connectivity index (χ4v) is 0.745. The molecule has 0 amide bonds. The average Bonchev–Trinajstić information content (AvgIpc) is 2.05. The van der Waals surface area contributed by atoms with Gasteiger partial charge in [-0.15, -0.1) is 12.4 Å². The predicted octanol–water partition coefficient (Wildman–Crippen LogP) is 1.57. The number of halogens is 1. The molecule has 0 saturated heterocycles. The Hall–Kier alpha value is -1.05. The molecule has 0 aliphatic heterocycles. The smallest absolute Gasteiger partial charge is 0.296 e. The quantitative estimate of drug-likeness (QED) is 0.438. The third-order valence-corrected chi connectivity index (χ3v) is 1.32.